The Bertz CT molecular complexity index is 1120. The Morgan fingerprint density at radius 1 is 1.03 bits per heavy atom. The lowest BCUT2D eigenvalue weighted by atomic mass is 9.65. The topological polar surface area (TPSA) is 102 Å². The standard InChI is InChI=1S/C29H45N5O4S/c1-21-6-9-24(10-7-21)39(37,38)34-13-12-30-29(36)27(34)19-28(35)31-26-5-3-4-23-18-22(8-11-25(23)26)20-33-16-14-32(2)15-17-33/h6-7,9-10,22-23,25-27H,3-5,8,11-20H2,1-2H3,(H,30,36)(H,31,35)/t22?,23?,25?,26-,27-/m1/s1. The number of nitrogens with zero attached hydrogens (tertiary/aromatic N) is 3. The molecule has 2 saturated carbocycles. The van der Waals surface area contributed by atoms with E-state index in [4.69, 9.17) is 0 Å². The van der Waals surface area contributed by atoms with Crippen molar-refractivity contribution in [3.8, 4) is 0 Å². The molecule has 1 aromatic carbocycles. The Morgan fingerprint density at radius 2 is 1.77 bits per heavy atom. The van der Waals surface area contributed by atoms with Gasteiger partial charge in [-0.15, -0.1) is 0 Å². The largest absolute Gasteiger partial charge is 0.353 e. The fraction of sp³-hybridized carbons (Fsp3) is 0.724. The molecule has 4 fully saturated rings. The third kappa shape index (κ3) is 6.66. The van der Waals surface area contributed by atoms with Crippen LogP contribution >= 0.6 is 0 Å². The maximum atomic E-state index is 13.4. The zero-order valence-electron chi connectivity index (χ0n) is 23.5. The zero-order valence-corrected chi connectivity index (χ0v) is 24.3. The molecule has 2 aliphatic heterocycles. The first kappa shape index (κ1) is 28.5. The maximum Gasteiger partial charge on any atom is 0.243 e. The summed E-state index contributed by atoms with van der Waals surface area (Å²) in [6.07, 6.45) is 6.69. The van der Waals surface area contributed by atoms with Crippen LogP contribution in [0.15, 0.2) is 29.2 Å². The van der Waals surface area contributed by atoms with Crippen LogP contribution in [-0.2, 0) is 19.6 Å². The number of amides is 2. The van der Waals surface area contributed by atoms with Gasteiger partial charge in [0.1, 0.15) is 6.04 Å². The maximum absolute atomic E-state index is 13.4. The number of sulfonamides is 1. The van der Waals surface area contributed by atoms with Gasteiger partial charge in [0.2, 0.25) is 21.8 Å². The first-order valence-electron chi connectivity index (χ1n) is 14.8. The molecule has 4 aliphatic rings. The van der Waals surface area contributed by atoms with Gasteiger partial charge in [0.25, 0.3) is 0 Å². The highest BCUT2D eigenvalue weighted by Gasteiger charge is 2.42. The summed E-state index contributed by atoms with van der Waals surface area (Å²) in [6.45, 7) is 8.10. The molecule has 2 aliphatic carbocycles. The van der Waals surface area contributed by atoms with Crippen LogP contribution in [0.1, 0.15) is 50.5 Å². The number of hydrogen-bond acceptors (Lipinski definition) is 6. The van der Waals surface area contributed by atoms with Gasteiger partial charge in [-0.05, 0) is 69.5 Å². The molecule has 2 saturated heterocycles. The molecule has 5 atom stereocenters. The molecule has 10 heteroatoms. The second kappa shape index (κ2) is 12.2. The van der Waals surface area contributed by atoms with Crippen molar-refractivity contribution in [2.75, 3.05) is 52.9 Å². The van der Waals surface area contributed by atoms with E-state index in [-0.39, 0.29) is 36.4 Å². The summed E-state index contributed by atoms with van der Waals surface area (Å²) in [5.41, 5.74) is 0.959. The van der Waals surface area contributed by atoms with Gasteiger partial charge >= 0.3 is 0 Å². The van der Waals surface area contributed by atoms with Crippen molar-refractivity contribution in [2.24, 2.45) is 17.8 Å². The summed E-state index contributed by atoms with van der Waals surface area (Å²) in [7, 11) is -1.70. The number of hydrogen-bond donors (Lipinski definition) is 2. The van der Waals surface area contributed by atoms with Crippen molar-refractivity contribution in [1.29, 1.82) is 0 Å². The molecule has 9 nitrogen and oxygen atoms in total. The average molecular weight is 560 g/mol. The first-order valence-corrected chi connectivity index (χ1v) is 16.2. The van der Waals surface area contributed by atoms with E-state index in [0.29, 0.717) is 11.8 Å². The van der Waals surface area contributed by atoms with E-state index in [1.807, 2.05) is 6.92 Å². The third-order valence-corrected chi connectivity index (χ3v) is 11.4. The summed E-state index contributed by atoms with van der Waals surface area (Å²) in [5, 5.41) is 6.01. The second-order valence-electron chi connectivity index (χ2n) is 12.3. The van der Waals surface area contributed by atoms with E-state index in [9.17, 15) is 18.0 Å². The van der Waals surface area contributed by atoms with Crippen molar-refractivity contribution < 1.29 is 18.0 Å². The molecule has 39 heavy (non-hydrogen) atoms. The predicted molar refractivity (Wildman–Crippen MR) is 151 cm³/mol. The molecule has 1 aromatic rings. The first-order chi connectivity index (χ1) is 18.7. The summed E-state index contributed by atoms with van der Waals surface area (Å²) in [4.78, 5) is 31.3. The van der Waals surface area contributed by atoms with Crippen LogP contribution in [0.5, 0.6) is 0 Å². The molecule has 3 unspecified atom stereocenters. The molecular weight excluding hydrogens is 514 g/mol. The number of benzene rings is 1. The van der Waals surface area contributed by atoms with E-state index >= 15 is 0 Å². The van der Waals surface area contributed by atoms with E-state index in [1.165, 1.54) is 30.1 Å². The van der Waals surface area contributed by atoms with Crippen LogP contribution in [0, 0.1) is 24.7 Å². The van der Waals surface area contributed by atoms with Gasteiger partial charge in [0, 0.05) is 51.9 Å². The van der Waals surface area contributed by atoms with Crippen LogP contribution < -0.4 is 10.6 Å². The van der Waals surface area contributed by atoms with E-state index < -0.39 is 22.0 Å². The molecule has 5 rings (SSSR count). The molecule has 0 spiro atoms. The van der Waals surface area contributed by atoms with Crippen LogP contribution in [0.3, 0.4) is 0 Å². The lowest BCUT2D eigenvalue weighted by Gasteiger charge is -2.45. The summed E-state index contributed by atoms with van der Waals surface area (Å²) in [5.74, 6) is 1.20. The quantitative estimate of drug-likeness (QED) is 0.529. The van der Waals surface area contributed by atoms with Gasteiger partial charge in [0.05, 0.1) is 11.3 Å². The van der Waals surface area contributed by atoms with Crippen molar-refractivity contribution >= 4 is 21.8 Å². The second-order valence-corrected chi connectivity index (χ2v) is 14.1. The number of piperazine rings is 2. The van der Waals surface area contributed by atoms with Crippen molar-refractivity contribution in [2.45, 2.75) is 68.8 Å². The fourth-order valence-electron chi connectivity index (χ4n) is 7.26. The summed E-state index contributed by atoms with van der Waals surface area (Å²) in [6, 6.07) is 5.70. The number of fused-ring (bicyclic) bond motifs is 1. The highest BCUT2D eigenvalue weighted by molar-refractivity contribution is 7.89. The minimum Gasteiger partial charge on any atom is -0.353 e. The number of rotatable bonds is 7. The van der Waals surface area contributed by atoms with Crippen molar-refractivity contribution in [1.82, 2.24) is 24.7 Å². The minimum atomic E-state index is -3.89. The minimum absolute atomic E-state index is 0.106. The normalized spacial score (nSPS) is 31.3. The molecule has 2 N–H and O–H groups in total. The number of carbonyl (C=O) groups is 2. The third-order valence-electron chi connectivity index (χ3n) is 9.50. The van der Waals surface area contributed by atoms with Gasteiger partial charge in [-0.25, -0.2) is 8.42 Å². The fourth-order valence-corrected chi connectivity index (χ4v) is 8.85. The van der Waals surface area contributed by atoms with E-state index in [0.717, 1.165) is 56.9 Å². The Labute approximate surface area is 233 Å². The van der Waals surface area contributed by atoms with Crippen LogP contribution in [0.4, 0.5) is 0 Å². The molecule has 0 bridgehead atoms. The lowest BCUT2D eigenvalue weighted by molar-refractivity contribution is -0.132. The van der Waals surface area contributed by atoms with Gasteiger partial charge in [-0.1, -0.05) is 30.5 Å². The molecule has 0 radical (unpaired) electrons. The monoisotopic (exact) mass is 559 g/mol. The van der Waals surface area contributed by atoms with Crippen molar-refractivity contribution in [3.05, 3.63) is 29.8 Å². The number of aryl methyl sites for hydroxylation is 1. The van der Waals surface area contributed by atoms with Crippen LogP contribution in [0.2, 0.25) is 0 Å². The predicted octanol–water partition coefficient (Wildman–Crippen LogP) is 1.82. The molecule has 2 heterocycles. The van der Waals surface area contributed by atoms with Crippen LogP contribution in [-0.4, -0.2) is 99.3 Å². The number of carbonyl (C=O) groups excluding carboxylic acids is 2. The Kier molecular flexibility index (Phi) is 8.95. The van der Waals surface area contributed by atoms with E-state index in [2.05, 4.69) is 27.5 Å². The Hall–Kier alpha value is -2.01. The summed E-state index contributed by atoms with van der Waals surface area (Å²) >= 11 is 0. The van der Waals surface area contributed by atoms with Crippen molar-refractivity contribution in [3.63, 3.8) is 0 Å². The highest BCUT2D eigenvalue weighted by Crippen LogP contribution is 2.43. The van der Waals surface area contributed by atoms with E-state index in [1.54, 1.807) is 24.3 Å². The SMILES string of the molecule is Cc1ccc(S(=O)(=O)N2CCNC(=O)[C@H]2CC(=O)N[C@@H]2CCCC3CC(CN4CCN(C)CC4)CCC32)cc1. The Morgan fingerprint density at radius 3 is 2.51 bits per heavy atom. The zero-order chi connectivity index (χ0) is 27.6. The lowest BCUT2D eigenvalue weighted by Crippen LogP contribution is -2.58. The Balaban J connectivity index is 1.19. The van der Waals surface area contributed by atoms with Gasteiger partial charge in [-0.3, -0.25) is 9.59 Å². The number of likely N-dealkylation sites (N-methyl/N-ethyl adjacent to an activating group) is 1. The number of nitrogens with one attached hydrogen (secondary N) is 2. The van der Waals surface area contributed by atoms with Crippen LogP contribution in [0.25, 0.3) is 0 Å². The molecular formula is C29H45N5O4S. The highest BCUT2D eigenvalue weighted by atomic mass is 32.2. The van der Waals surface area contributed by atoms with Gasteiger partial charge < -0.3 is 20.4 Å². The molecule has 2 amide bonds. The summed E-state index contributed by atoms with van der Waals surface area (Å²) < 4.78 is 28.0. The van der Waals surface area contributed by atoms with Gasteiger partial charge in [-0.2, -0.15) is 4.31 Å². The molecule has 216 valence electrons. The average Bonchev–Trinajstić information content (AvgIpc) is 2.91. The molecule has 0 aromatic heterocycles. The smallest absolute Gasteiger partial charge is 0.243 e. The van der Waals surface area contributed by atoms with Gasteiger partial charge in [0.15, 0.2) is 0 Å².